The Morgan fingerprint density at radius 2 is 2.00 bits per heavy atom. The van der Waals surface area contributed by atoms with Gasteiger partial charge in [-0.1, -0.05) is 23.7 Å². The number of halogens is 2. The second kappa shape index (κ2) is 10.2. The van der Waals surface area contributed by atoms with Crippen LogP contribution >= 0.6 is 24.0 Å². The molecule has 31 heavy (non-hydrogen) atoms. The van der Waals surface area contributed by atoms with Crippen LogP contribution in [0.1, 0.15) is 40.4 Å². The lowest BCUT2D eigenvalue weighted by molar-refractivity contribution is 0.102. The van der Waals surface area contributed by atoms with E-state index in [0.29, 0.717) is 22.0 Å². The lowest BCUT2D eigenvalue weighted by atomic mass is 9.91. The topological polar surface area (TPSA) is 68.2 Å². The van der Waals surface area contributed by atoms with Crippen molar-refractivity contribution in [1.29, 1.82) is 0 Å². The summed E-state index contributed by atoms with van der Waals surface area (Å²) in [5.74, 6) is 0.748. The molecule has 2 aromatic carbocycles. The van der Waals surface area contributed by atoms with Gasteiger partial charge in [-0.05, 0) is 62.7 Å². The first kappa shape index (κ1) is 23.1. The number of carbonyl (C=O) groups excluding carboxylic acids is 1. The fourth-order valence-electron chi connectivity index (χ4n) is 3.84. The molecule has 1 aromatic heterocycles. The number of aryl methyl sites for hydroxylation is 1. The molecule has 4 rings (SSSR count). The summed E-state index contributed by atoms with van der Waals surface area (Å²) in [4.78, 5) is 13.2. The summed E-state index contributed by atoms with van der Waals surface area (Å²) in [7, 11) is 1.60. The Bertz CT molecular complexity index is 1060. The van der Waals surface area contributed by atoms with E-state index < -0.39 is 0 Å². The number of piperidine rings is 1. The smallest absolute Gasteiger partial charge is 0.259 e. The molecule has 1 aliphatic rings. The van der Waals surface area contributed by atoms with Crippen LogP contribution in [0, 0.1) is 6.92 Å². The van der Waals surface area contributed by atoms with Crippen molar-refractivity contribution in [3.05, 3.63) is 70.5 Å². The molecule has 1 amide bonds. The van der Waals surface area contributed by atoms with Crippen molar-refractivity contribution >= 4 is 35.6 Å². The Labute approximate surface area is 193 Å². The summed E-state index contributed by atoms with van der Waals surface area (Å²) in [6.07, 6.45) is 3.55. The maximum Gasteiger partial charge on any atom is 0.259 e. The molecule has 0 saturated carbocycles. The molecule has 3 aromatic rings. The number of rotatable bonds is 5. The van der Waals surface area contributed by atoms with Gasteiger partial charge in [0, 0.05) is 22.7 Å². The molecule has 6 nitrogen and oxygen atoms in total. The highest BCUT2D eigenvalue weighted by atomic mass is 35.5. The van der Waals surface area contributed by atoms with Gasteiger partial charge in [-0.15, -0.1) is 12.4 Å². The van der Waals surface area contributed by atoms with E-state index in [-0.39, 0.29) is 24.2 Å². The zero-order valence-electron chi connectivity index (χ0n) is 17.5. The van der Waals surface area contributed by atoms with E-state index >= 15 is 0 Å². The van der Waals surface area contributed by atoms with Crippen LogP contribution in [0.25, 0.3) is 5.69 Å². The summed E-state index contributed by atoms with van der Waals surface area (Å²) in [6, 6.07) is 13.2. The van der Waals surface area contributed by atoms with Crippen molar-refractivity contribution in [2.24, 2.45) is 0 Å². The zero-order chi connectivity index (χ0) is 21.1. The summed E-state index contributed by atoms with van der Waals surface area (Å²) in [6.45, 7) is 3.80. The lowest BCUT2D eigenvalue weighted by Gasteiger charge is -2.25. The number of hydrogen-bond donors (Lipinski definition) is 2. The second-order valence-electron chi connectivity index (χ2n) is 7.50. The van der Waals surface area contributed by atoms with Crippen molar-refractivity contribution in [3.63, 3.8) is 0 Å². The molecular weight excluding hydrogens is 435 g/mol. The van der Waals surface area contributed by atoms with Crippen LogP contribution in [0.4, 0.5) is 5.69 Å². The average Bonchev–Trinajstić information content (AvgIpc) is 3.22. The van der Waals surface area contributed by atoms with Crippen LogP contribution in [-0.2, 0) is 0 Å². The SMILES string of the molecule is COc1cccc(NC(=O)c2cnn(-c3ccc(C)c(Cl)c3)c2C2CCNCC2)c1.Cl. The number of nitrogens with zero attached hydrogens (tertiary/aromatic N) is 2. The van der Waals surface area contributed by atoms with Crippen molar-refractivity contribution in [2.75, 3.05) is 25.5 Å². The van der Waals surface area contributed by atoms with Gasteiger partial charge in [0.1, 0.15) is 5.75 Å². The lowest BCUT2D eigenvalue weighted by Crippen LogP contribution is -2.29. The fraction of sp³-hybridized carbons (Fsp3) is 0.304. The van der Waals surface area contributed by atoms with Crippen LogP contribution in [0.15, 0.2) is 48.7 Å². The zero-order valence-corrected chi connectivity index (χ0v) is 19.1. The molecule has 1 aliphatic heterocycles. The minimum atomic E-state index is -0.179. The van der Waals surface area contributed by atoms with Gasteiger partial charge >= 0.3 is 0 Å². The highest BCUT2D eigenvalue weighted by molar-refractivity contribution is 6.31. The monoisotopic (exact) mass is 460 g/mol. The van der Waals surface area contributed by atoms with Gasteiger partial charge in [-0.2, -0.15) is 5.10 Å². The molecule has 0 atom stereocenters. The number of methoxy groups -OCH3 is 1. The number of nitrogens with one attached hydrogen (secondary N) is 2. The molecule has 0 unspecified atom stereocenters. The molecule has 1 fully saturated rings. The van der Waals surface area contributed by atoms with Gasteiger partial charge in [0.25, 0.3) is 5.91 Å². The van der Waals surface area contributed by atoms with E-state index in [9.17, 15) is 4.79 Å². The van der Waals surface area contributed by atoms with Crippen molar-refractivity contribution < 1.29 is 9.53 Å². The number of carbonyl (C=O) groups is 1. The van der Waals surface area contributed by atoms with Crippen LogP contribution in [-0.4, -0.2) is 35.9 Å². The van der Waals surface area contributed by atoms with Crippen LogP contribution < -0.4 is 15.4 Å². The second-order valence-corrected chi connectivity index (χ2v) is 7.91. The summed E-state index contributed by atoms with van der Waals surface area (Å²) < 4.78 is 7.12. The van der Waals surface area contributed by atoms with E-state index in [1.807, 2.05) is 48.0 Å². The number of anilines is 1. The molecule has 0 aliphatic carbocycles. The first-order valence-corrected chi connectivity index (χ1v) is 10.4. The van der Waals surface area contributed by atoms with Gasteiger partial charge in [-0.3, -0.25) is 4.79 Å². The largest absolute Gasteiger partial charge is 0.497 e. The number of amides is 1. The minimum absolute atomic E-state index is 0. The Kier molecular flexibility index (Phi) is 7.59. The van der Waals surface area contributed by atoms with Gasteiger partial charge < -0.3 is 15.4 Å². The maximum absolute atomic E-state index is 13.2. The Balaban J connectivity index is 0.00000272. The predicted octanol–water partition coefficient (Wildman–Crippen LogP) is 4.98. The normalized spacial score (nSPS) is 14.0. The maximum atomic E-state index is 13.2. The van der Waals surface area contributed by atoms with Crippen LogP contribution in [0.2, 0.25) is 5.02 Å². The van der Waals surface area contributed by atoms with Crippen LogP contribution in [0.5, 0.6) is 5.75 Å². The number of ether oxygens (including phenoxy) is 1. The van der Waals surface area contributed by atoms with E-state index in [0.717, 1.165) is 42.9 Å². The van der Waals surface area contributed by atoms with E-state index in [1.54, 1.807) is 19.4 Å². The van der Waals surface area contributed by atoms with Crippen molar-refractivity contribution in [1.82, 2.24) is 15.1 Å². The van der Waals surface area contributed by atoms with E-state index in [2.05, 4.69) is 15.7 Å². The Hall–Kier alpha value is -2.54. The Morgan fingerprint density at radius 3 is 2.71 bits per heavy atom. The van der Waals surface area contributed by atoms with Gasteiger partial charge in [0.15, 0.2) is 0 Å². The third-order valence-electron chi connectivity index (χ3n) is 5.50. The summed E-state index contributed by atoms with van der Waals surface area (Å²) >= 11 is 6.36. The van der Waals surface area contributed by atoms with E-state index in [1.165, 1.54) is 0 Å². The highest BCUT2D eigenvalue weighted by Crippen LogP contribution is 2.32. The standard InChI is InChI=1S/C23H25ClN4O2.ClH/c1-15-6-7-18(13-21(15)24)28-22(16-8-10-25-11-9-16)20(14-26-28)23(29)27-17-4-3-5-19(12-17)30-2;/h3-7,12-14,16,25H,8-11H2,1-2H3,(H,27,29);1H. The number of benzene rings is 2. The highest BCUT2D eigenvalue weighted by Gasteiger charge is 2.27. The summed E-state index contributed by atoms with van der Waals surface area (Å²) in [5, 5.41) is 11.6. The molecule has 0 spiro atoms. The quantitative estimate of drug-likeness (QED) is 0.562. The van der Waals surface area contributed by atoms with Gasteiger partial charge in [-0.25, -0.2) is 4.68 Å². The predicted molar refractivity (Wildman–Crippen MR) is 126 cm³/mol. The van der Waals surface area contributed by atoms with E-state index in [4.69, 9.17) is 16.3 Å². The molecule has 0 bridgehead atoms. The third-order valence-corrected chi connectivity index (χ3v) is 5.91. The van der Waals surface area contributed by atoms with Crippen LogP contribution in [0.3, 0.4) is 0 Å². The van der Waals surface area contributed by atoms with Gasteiger partial charge in [0.2, 0.25) is 0 Å². The fourth-order valence-corrected chi connectivity index (χ4v) is 4.01. The number of hydrogen-bond acceptors (Lipinski definition) is 4. The third kappa shape index (κ3) is 5.03. The molecule has 164 valence electrons. The molecule has 0 radical (unpaired) electrons. The molecule has 8 heteroatoms. The average molecular weight is 461 g/mol. The molecular formula is C23H26Cl2N4O2. The molecule has 1 saturated heterocycles. The molecule has 2 heterocycles. The first-order chi connectivity index (χ1) is 14.6. The van der Waals surface area contributed by atoms with Crippen molar-refractivity contribution in [2.45, 2.75) is 25.7 Å². The van der Waals surface area contributed by atoms with Crippen molar-refractivity contribution in [3.8, 4) is 11.4 Å². The Morgan fingerprint density at radius 1 is 1.23 bits per heavy atom. The summed E-state index contributed by atoms with van der Waals surface area (Å²) in [5.41, 5.74) is 4.06. The molecule has 2 N–H and O–H groups in total. The number of aromatic nitrogens is 2. The first-order valence-electron chi connectivity index (χ1n) is 10.1. The van der Waals surface area contributed by atoms with Gasteiger partial charge in [0.05, 0.1) is 30.3 Å². The minimum Gasteiger partial charge on any atom is -0.497 e.